The third-order valence-corrected chi connectivity index (χ3v) is 2.84. The molecule has 0 amide bonds. The predicted octanol–water partition coefficient (Wildman–Crippen LogP) is 2.17. The topological polar surface area (TPSA) is 70.6 Å². The van der Waals surface area contributed by atoms with Gasteiger partial charge in [0.1, 0.15) is 5.84 Å². The molecular weight excluding hydrogens is 214 g/mol. The van der Waals surface area contributed by atoms with Crippen molar-refractivity contribution in [3.8, 4) is 0 Å². The summed E-state index contributed by atoms with van der Waals surface area (Å²) < 4.78 is 0. The minimum atomic E-state index is 0.287. The number of hydrogen-bond donors (Lipinski definition) is 3. The molecule has 0 fully saturated rings. The van der Waals surface area contributed by atoms with Gasteiger partial charge in [-0.15, -0.1) is 0 Å². The molecule has 0 saturated carbocycles. The van der Waals surface area contributed by atoms with E-state index in [1.165, 1.54) is 11.1 Å². The highest BCUT2D eigenvalue weighted by Crippen LogP contribution is 2.16. The Morgan fingerprint density at radius 2 is 2.18 bits per heavy atom. The molecule has 0 unspecified atom stereocenters. The number of oxime groups is 1. The van der Waals surface area contributed by atoms with E-state index >= 15 is 0 Å². The highest BCUT2D eigenvalue weighted by atomic mass is 16.4. The number of nitrogens with one attached hydrogen (secondary N) is 1. The van der Waals surface area contributed by atoms with Crippen molar-refractivity contribution >= 4 is 5.84 Å². The molecule has 17 heavy (non-hydrogen) atoms. The third-order valence-electron chi connectivity index (χ3n) is 2.84. The van der Waals surface area contributed by atoms with Crippen molar-refractivity contribution in [2.75, 3.05) is 6.54 Å². The summed E-state index contributed by atoms with van der Waals surface area (Å²) in [6, 6.07) is 8.67. The number of nitrogens with two attached hydrogens (primary N) is 1. The van der Waals surface area contributed by atoms with E-state index in [9.17, 15) is 0 Å². The fraction of sp³-hybridized carbons (Fsp3) is 0.462. The van der Waals surface area contributed by atoms with Crippen LogP contribution in [0.5, 0.6) is 0 Å². The molecule has 0 aliphatic heterocycles. The lowest BCUT2D eigenvalue weighted by Gasteiger charge is -2.16. The molecule has 4 nitrogen and oxygen atoms in total. The van der Waals surface area contributed by atoms with E-state index in [0.717, 1.165) is 13.0 Å². The van der Waals surface area contributed by atoms with Crippen molar-refractivity contribution in [2.24, 2.45) is 10.9 Å². The summed E-state index contributed by atoms with van der Waals surface area (Å²) in [5, 5.41) is 14.8. The van der Waals surface area contributed by atoms with Crippen LogP contribution in [0, 0.1) is 6.92 Å². The first-order valence-corrected chi connectivity index (χ1v) is 5.90. The largest absolute Gasteiger partial charge is 0.409 e. The molecular formula is C13H21N3O. The quantitative estimate of drug-likeness (QED) is 0.233. The average Bonchev–Trinajstić information content (AvgIpc) is 2.34. The Morgan fingerprint density at radius 1 is 1.47 bits per heavy atom. The summed E-state index contributed by atoms with van der Waals surface area (Å²) in [7, 11) is 0. The average molecular weight is 235 g/mol. The van der Waals surface area contributed by atoms with E-state index in [1.807, 2.05) is 6.07 Å². The van der Waals surface area contributed by atoms with Gasteiger partial charge in [0.15, 0.2) is 0 Å². The van der Waals surface area contributed by atoms with Crippen LogP contribution >= 0.6 is 0 Å². The molecule has 0 aliphatic carbocycles. The van der Waals surface area contributed by atoms with Crippen molar-refractivity contribution < 1.29 is 5.21 Å². The van der Waals surface area contributed by atoms with Gasteiger partial charge in [0, 0.05) is 12.5 Å². The van der Waals surface area contributed by atoms with Gasteiger partial charge in [-0.3, -0.25) is 0 Å². The highest BCUT2D eigenvalue weighted by Gasteiger charge is 2.06. The van der Waals surface area contributed by atoms with E-state index in [2.05, 4.69) is 42.5 Å². The van der Waals surface area contributed by atoms with E-state index < -0.39 is 0 Å². The standard InChI is InChI=1S/C13H21N3O/c1-10-6-3-4-7-12(10)11(2)15-9-5-8-13(14)16-17/h3-4,6-7,11,15,17H,5,8-9H2,1-2H3,(H2,14,16)/t11-/m0/s1. The zero-order valence-corrected chi connectivity index (χ0v) is 10.5. The van der Waals surface area contributed by atoms with Crippen molar-refractivity contribution in [3.63, 3.8) is 0 Å². The Kier molecular flexibility index (Phi) is 5.49. The van der Waals surface area contributed by atoms with E-state index in [0.29, 0.717) is 12.5 Å². The first-order chi connectivity index (χ1) is 8.15. The van der Waals surface area contributed by atoms with Crippen LogP contribution < -0.4 is 11.1 Å². The van der Waals surface area contributed by atoms with Gasteiger partial charge < -0.3 is 16.3 Å². The second-order valence-corrected chi connectivity index (χ2v) is 4.23. The van der Waals surface area contributed by atoms with Gasteiger partial charge in [-0.1, -0.05) is 29.4 Å². The molecule has 0 aromatic heterocycles. The Labute approximate surface area is 103 Å². The summed E-state index contributed by atoms with van der Waals surface area (Å²) in [4.78, 5) is 0. The monoisotopic (exact) mass is 235 g/mol. The van der Waals surface area contributed by atoms with Crippen LogP contribution in [-0.2, 0) is 0 Å². The number of aryl methyl sites for hydroxylation is 1. The van der Waals surface area contributed by atoms with E-state index in [1.54, 1.807) is 0 Å². The predicted molar refractivity (Wildman–Crippen MR) is 70.2 cm³/mol. The van der Waals surface area contributed by atoms with Crippen LogP contribution in [0.1, 0.15) is 36.9 Å². The fourth-order valence-electron chi connectivity index (χ4n) is 1.82. The van der Waals surface area contributed by atoms with Gasteiger partial charge in [0.05, 0.1) is 0 Å². The van der Waals surface area contributed by atoms with Crippen LogP contribution in [0.25, 0.3) is 0 Å². The summed E-state index contributed by atoms with van der Waals surface area (Å²) >= 11 is 0. The molecule has 4 heteroatoms. The smallest absolute Gasteiger partial charge is 0.139 e. The lowest BCUT2D eigenvalue weighted by Crippen LogP contribution is -2.22. The lowest BCUT2D eigenvalue weighted by molar-refractivity contribution is 0.316. The molecule has 94 valence electrons. The number of hydrogen-bond acceptors (Lipinski definition) is 3. The second-order valence-electron chi connectivity index (χ2n) is 4.23. The van der Waals surface area contributed by atoms with Crippen molar-refractivity contribution in [1.82, 2.24) is 5.32 Å². The molecule has 0 aliphatic rings. The molecule has 4 N–H and O–H groups in total. The van der Waals surface area contributed by atoms with Gasteiger partial charge >= 0.3 is 0 Å². The van der Waals surface area contributed by atoms with Crippen LogP contribution in [-0.4, -0.2) is 17.6 Å². The minimum absolute atomic E-state index is 0.287. The van der Waals surface area contributed by atoms with Crippen LogP contribution in [0.3, 0.4) is 0 Å². The van der Waals surface area contributed by atoms with Gasteiger partial charge in [-0.2, -0.15) is 0 Å². The zero-order valence-electron chi connectivity index (χ0n) is 10.5. The molecule has 0 saturated heterocycles. The Balaban J connectivity index is 2.35. The summed E-state index contributed by atoms with van der Waals surface area (Å²) in [6.45, 7) is 5.11. The van der Waals surface area contributed by atoms with Gasteiger partial charge in [-0.25, -0.2) is 0 Å². The van der Waals surface area contributed by atoms with E-state index in [4.69, 9.17) is 10.9 Å². The summed E-state index contributed by atoms with van der Waals surface area (Å²) in [5.41, 5.74) is 8.01. The molecule has 1 rings (SSSR count). The summed E-state index contributed by atoms with van der Waals surface area (Å²) in [5.74, 6) is 0.287. The second kappa shape index (κ2) is 6.91. The van der Waals surface area contributed by atoms with Gasteiger partial charge in [0.2, 0.25) is 0 Å². The highest BCUT2D eigenvalue weighted by molar-refractivity contribution is 5.79. The first-order valence-electron chi connectivity index (χ1n) is 5.90. The minimum Gasteiger partial charge on any atom is -0.409 e. The number of rotatable bonds is 6. The van der Waals surface area contributed by atoms with Crippen molar-refractivity contribution in [3.05, 3.63) is 35.4 Å². The Morgan fingerprint density at radius 3 is 2.82 bits per heavy atom. The van der Waals surface area contributed by atoms with Crippen molar-refractivity contribution in [1.29, 1.82) is 0 Å². The van der Waals surface area contributed by atoms with Gasteiger partial charge in [0.25, 0.3) is 0 Å². The normalized spacial score (nSPS) is 13.6. The maximum atomic E-state index is 8.40. The molecule has 1 aromatic rings. The molecule has 0 spiro atoms. The van der Waals surface area contributed by atoms with Crippen molar-refractivity contribution in [2.45, 2.75) is 32.7 Å². The lowest BCUT2D eigenvalue weighted by atomic mass is 10.0. The first kappa shape index (κ1) is 13.5. The third kappa shape index (κ3) is 4.44. The fourth-order valence-corrected chi connectivity index (χ4v) is 1.82. The van der Waals surface area contributed by atoms with Crippen LogP contribution in [0.15, 0.2) is 29.4 Å². The SMILES string of the molecule is Cc1ccccc1[C@H](C)NCCC/C(N)=N/O. The maximum Gasteiger partial charge on any atom is 0.139 e. The number of amidine groups is 1. The molecule has 0 radical (unpaired) electrons. The van der Waals surface area contributed by atoms with E-state index in [-0.39, 0.29) is 5.84 Å². The number of nitrogens with zero attached hydrogens (tertiary/aromatic N) is 1. The summed E-state index contributed by atoms with van der Waals surface area (Å²) in [6.07, 6.45) is 1.48. The molecule has 1 atom stereocenters. The van der Waals surface area contributed by atoms with Crippen LogP contribution in [0.4, 0.5) is 0 Å². The Hall–Kier alpha value is -1.55. The Bertz CT molecular complexity index is 377. The van der Waals surface area contributed by atoms with Crippen LogP contribution in [0.2, 0.25) is 0 Å². The molecule has 0 heterocycles. The zero-order chi connectivity index (χ0) is 12.7. The van der Waals surface area contributed by atoms with Gasteiger partial charge in [-0.05, 0) is 37.9 Å². The number of benzene rings is 1. The maximum absolute atomic E-state index is 8.40. The molecule has 0 bridgehead atoms. The molecule has 1 aromatic carbocycles.